The number of carbonyl (C=O) groups is 2. The van der Waals surface area contributed by atoms with Gasteiger partial charge in [0.25, 0.3) is 5.56 Å². The molecule has 2 aromatic carbocycles. The van der Waals surface area contributed by atoms with E-state index in [1.54, 1.807) is 30.3 Å². The molecule has 0 radical (unpaired) electrons. The summed E-state index contributed by atoms with van der Waals surface area (Å²) in [6, 6.07) is 10.0. The summed E-state index contributed by atoms with van der Waals surface area (Å²) in [6.07, 6.45) is -0.535. The standard InChI is InChI=1S/C23H20N2O6/c1-10(27)19-18-8-15(20(23(30)31)25(18)22(19)29)12-3-5-14-16(7-12)13-4-2-11(9-26)6-17(13)24-21(14)28/h2-7,10,18-19,26-27H,8-9H2,1H3,(H,24,28)(H,30,31)/t10-,18-,19-/m1/s1. The number of nitrogens with zero attached hydrogens (tertiary/aromatic N) is 1. The number of benzene rings is 2. The highest BCUT2D eigenvalue weighted by Gasteiger charge is 2.56. The molecule has 0 unspecified atom stereocenters. The van der Waals surface area contributed by atoms with Gasteiger partial charge in [0, 0.05) is 16.3 Å². The second-order valence-electron chi connectivity index (χ2n) is 8.13. The van der Waals surface area contributed by atoms with E-state index in [9.17, 15) is 29.7 Å². The minimum atomic E-state index is -1.20. The SMILES string of the molecule is C[C@@H](O)[C@H]1C(=O)N2C(C(=O)O)=C(c3ccc4c(=O)[nH]c5cc(CO)ccc5c4c3)C[C@H]12. The highest BCUT2D eigenvalue weighted by atomic mass is 16.4. The van der Waals surface area contributed by atoms with Crippen molar-refractivity contribution in [3.63, 3.8) is 0 Å². The number of hydrogen-bond acceptors (Lipinski definition) is 5. The average Bonchev–Trinajstić information content (AvgIpc) is 3.08. The molecule has 3 atom stereocenters. The number of aromatic nitrogens is 1. The molecule has 0 spiro atoms. The number of hydrogen-bond donors (Lipinski definition) is 4. The minimum absolute atomic E-state index is 0.0667. The molecule has 5 rings (SSSR count). The van der Waals surface area contributed by atoms with Gasteiger partial charge in [0.2, 0.25) is 5.91 Å². The van der Waals surface area contributed by atoms with E-state index < -0.39 is 18.0 Å². The van der Waals surface area contributed by atoms with Gasteiger partial charge in [0.15, 0.2) is 0 Å². The summed E-state index contributed by atoms with van der Waals surface area (Å²) in [5.41, 5.74) is 2.02. The Kier molecular flexibility index (Phi) is 4.25. The summed E-state index contributed by atoms with van der Waals surface area (Å²) in [5.74, 6) is -2.20. The zero-order valence-electron chi connectivity index (χ0n) is 16.6. The first kappa shape index (κ1) is 19.5. The second kappa shape index (κ2) is 6.76. The minimum Gasteiger partial charge on any atom is -0.477 e. The Morgan fingerprint density at radius 1 is 1.16 bits per heavy atom. The molecule has 1 amide bonds. The fourth-order valence-electron chi connectivity index (χ4n) is 4.90. The summed E-state index contributed by atoms with van der Waals surface area (Å²) in [4.78, 5) is 41.1. The van der Waals surface area contributed by atoms with Crippen LogP contribution in [-0.4, -0.2) is 49.2 Å². The summed E-state index contributed by atoms with van der Waals surface area (Å²) >= 11 is 0. The number of aliphatic hydroxyl groups excluding tert-OH is 2. The molecule has 1 fully saturated rings. The van der Waals surface area contributed by atoms with Crippen molar-refractivity contribution in [1.82, 2.24) is 9.88 Å². The molecule has 0 saturated carbocycles. The van der Waals surface area contributed by atoms with E-state index in [4.69, 9.17) is 0 Å². The highest BCUT2D eigenvalue weighted by molar-refractivity contribution is 6.09. The number of H-pyrrole nitrogens is 1. The van der Waals surface area contributed by atoms with Crippen molar-refractivity contribution in [2.75, 3.05) is 0 Å². The summed E-state index contributed by atoms with van der Waals surface area (Å²) in [5, 5.41) is 31.0. The van der Waals surface area contributed by atoms with Gasteiger partial charge in [-0.3, -0.25) is 9.59 Å². The van der Waals surface area contributed by atoms with Gasteiger partial charge in [0.1, 0.15) is 5.70 Å². The molecular weight excluding hydrogens is 400 g/mol. The number of aliphatic hydroxyl groups is 2. The lowest BCUT2D eigenvalue weighted by atomic mass is 9.82. The third-order valence-corrected chi connectivity index (χ3v) is 6.35. The van der Waals surface area contributed by atoms with Crippen molar-refractivity contribution in [1.29, 1.82) is 0 Å². The largest absolute Gasteiger partial charge is 0.477 e. The number of carboxylic acid groups (broad SMARTS) is 1. The molecule has 4 N–H and O–H groups in total. The van der Waals surface area contributed by atoms with E-state index in [-0.39, 0.29) is 29.8 Å². The Morgan fingerprint density at radius 2 is 1.90 bits per heavy atom. The lowest BCUT2D eigenvalue weighted by Crippen LogP contribution is -2.61. The van der Waals surface area contributed by atoms with Gasteiger partial charge in [-0.25, -0.2) is 4.79 Å². The fraction of sp³-hybridized carbons (Fsp3) is 0.261. The predicted octanol–water partition coefficient (Wildman–Crippen LogP) is 1.58. The molecule has 2 aliphatic heterocycles. The number of amides is 1. The zero-order valence-corrected chi connectivity index (χ0v) is 16.6. The van der Waals surface area contributed by atoms with Gasteiger partial charge in [-0.15, -0.1) is 0 Å². The summed E-state index contributed by atoms with van der Waals surface area (Å²) in [7, 11) is 0. The molecule has 8 heteroatoms. The number of pyridine rings is 1. The third-order valence-electron chi connectivity index (χ3n) is 6.35. The van der Waals surface area contributed by atoms with Crippen LogP contribution in [0.4, 0.5) is 0 Å². The molecule has 2 aliphatic rings. The molecular formula is C23H20N2O6. The van der Waals surface area contributed by atoms with Crippen LogP contribution < -0.4 is 5.56 Å². The van der Waals surface area contributed by atoms with Gasteiger partial charge in [-0.2, -0.15) is 0 Å². The maximum absolute atomic E-state index is 12.6. The topological polar surface area (TPSA) is 131 Å². The number of nitrogens with one attached hydrogen (secondary N) is 1. The van der Waals surface area contributed by atoms with E-state index in [1.807, 2.05) is 6.07 Å². The molecule has 3 heterocycles. The van der Waals surface area contributed by atoms with Crippen LogP contribution in [0.1, 0.15) is 24.5 Å². The van der Waals surface area contributed by atoms with Crippen LogP contribution in [0, 0.1) is 5.92 Å². The first-order chi connectivity index (χ1) is 14.8. The first-order valence-corrected chi connectivity index (χ1v) is 9.99. The van der Waals surface area contributed by atoms with Crippen molar-refractivity contribution in [2.45, 2.75) is 32.1 Å². The zero-order chi connectivity index (χ0) is 22.0. The van der Waals surface area contributed by atoms with Crippen molar-refractivity contribution in [3.8, 4) is 0 Å². The Bertz CT molecular complexity index is 1370. The van der Waals surface area contributed by atoms with Crippen molar-refractivity contribution < 1.29 is 24.9 Å². The second-order valence-corrected chi connectivity index (χ2v) is 8.13. The number of β-lactam (4-membered cyclic amide) rings is 1. The van der Waals surface area contributed by atoms with Gasteiger partial charge in [-0.1, -0.05) is 18.2 Å². The third kappa shape index (κ3) is 2.72. The molecule has 1 aromatic heterocycles. The van der Waals surface area contributed by atoms with E-state index in [0.29, 0.717) is 39.4 Å². The lowest BCUT2D eigenvalue weighted by molar-refractivity contribution is -0.161. The maximum Gasteiger partial charge on any atom is 0.352 e. The van der Waals surface area contributed by atoms with Crippen molar-refractivity contribution >= 4 is 39.1 Å². The molecule has 8 nitrogen and oxygen atoms in total. The quantitative estimate of drug-likeness (QED) is 0.374. The normalized spacial score (nSPS) is 21.5. The Morgan fingerprint density at radius 3 is 2.58 bits per heavy atom. The van der Waals surface area contributed by atoms with Crippen LogP contribution >= 0.6 is 0 Å². The number of rotatable bonds is 4. The molecule has 3 aromatic rings. The molecule has 31 heavy (non-hydrogen) atoms. The van der Waals surface area contributed by atoms with Crippen LogP contribution in [0.15, 0.2) is 46.9 Å². The summed E-state index contributed by atoms with van der Waals surface area (Å²) in [6.45, 7) is 1.38. The monoisotopic (exact) mass is 420 g/mol. The van der Waals surface area contributed by atoms with Crippen LogP contribution in [0.3, 0.4) is 0 Å². The highest BCUT2D eigenvalue weighted by Crippen LogP contribution is 2.47. The number of aliphatic carboxylic acids is 1. The van der Waals surface area contributed by atoms with E-state index in [0.717, 1.165) is 5.39 Å². The van der Waals surface area contributed by atoms with Crippen LogP contribution in [0.25, 0.3) is 27.2 Å². The van der Waals surface area contributed by atoms with E-state index in [2.05, 4.69) is 4.98 Å². The van der Waals surface area contributed by atoms with Crippen LogP contribution in [0.2, 0.25) is 0 Å². The molecule has 1 saturated heterocycles. The fourth-order valence-corrected chi connectivity index (χ4v) is 4.90. The van der Waals surface area contributed by atoms with E-state index >= 15 is 0 Å². The van der Waals surface area contributed by atoms with Gasteiger partial charge in [0.05, 0.1) is 24.7 Å². The average molecular weight is 420 g/mol. The number of fused-ring (bicyclic) bond motifs is 4. The lowest BCUT2D eigenvalue weighted by Gasteiger charge is -2.44. The smallest absolute Gasteiger partial charge is 0.352 e. The molecule has 158 valence electrons. The van der Waals surface area contributed by atoms with Gasteiger partial charge >= 0.3 is 5.97 Å². The maximum atomic E-state index is 12.6. The summed E-state index contributed by atoms with van der Waals surface area (Å²) < 4.78 is 0. The number of aromatic amines is 1. The number of carbonyl (C=O) groups excluding carboxylic acids is 1. The first-order valence-electron chi connectivity index (χ1n) is 9.99. The molecule has 0 bridgehead atoms. The van der Waals surface area contributed by atoms with Crippen LogP contribution in [0.5, 0.6) is 0 Å². The van der Waals surface area contributed by atoms with E-state index in [1.165, 1.54) is 11.8 Å². The molecule has 0 aliphatic carbocycles. The predicted molar refractivity (Wildman–Crippen MR) is 113 cm³/mol. The Labute approximate surface area is 176 Å². The Hall–Kier alpha value is -3.49. The Balaban J connectivity index is 1.70. The van der Waals surface area contributed by atoms with Gasteiger partial charge < -0.3 is 25.2 Å². The van der Waals surface area contributed by atoms with Crippen molar-refractivity contribution in [2.24, 2.45) is 5.92 Å². The van der Waals surface area contributed by atoms with Gasteiger partial charge in [-0.05, 0) is 53.6 Å². The van der Waals surface area contributed by atoms with Crippen LogP contribution in [-0.2, 0) is 16.2 Å². The van der Waals surface area contributed by atoms with Crippen molar-refractivity contribution in [3.05, 3.63) is 63.6 Å². The number of carboxylic acids is 1.